The summed E-state index contributed by atoms with van der Waals surface area (Å²) < 4.78 is 0. The maximum Gasteiger partial charge on any atom is 0.315 e. The topological polar surface area (TPSA) is 80.5 Å². The third kappa shape index (κ3) is 4.99. The molecular formula is C20H32N6O. The fourth-order valence-electron chi connectivity index (χ4n) is 4.70. The number of hydrogen-bond acceptors (Lipinski definition) is 5. The first-order chi connectivity index (χ1) is 13.3. The highest BCUT2D eigenvalue weighted by Gasteiger charge is 2.37. The van der Waals surface area contributed by atoms with Crippen LogP contribution in [0, 0.1) is 5.92 Å². The molecule has 0 spiro atoms. The third-order valence-electron chi connectivity index (χ3n) is 6.11. The summed E-state index contributed by atoms with van der Waals surface area (Å²) in [6.07, 6.45) is 5.70. The highest BCUT2D eigenvalue weighted by Crippen LogP contribution is 2.21. The maximum atomic E-state index is 12.4. The Labute approximate surface area is 161 Å². The first kappa shape index (κ1) is 18.7. The molecule has 0 aromatic heterocycles. The van der Waals surface area contributed by atoms with Crippen LogP contribution >= 0.6 is 0 Å². The normalized spacial score (nSPS) is 31.3. The van der Waals surface area contributed by atoms with Crippen molar-refractivity contribution in [1.29, 1.82) is 0 Å². The number of urea groups is 1. The molecule has 27 heavy (non-hydrogen) atoms. The van der Waals surface area contributed by atoms with E-state index in [9.17, 15) is 4.79 Å². The van der Waals surface area contributed by atoms with E-state index in [1.54, 1.807) is 0 Å². The molecule has 5 N–H and O–H groups in total. The molecule has 2 saturated heterocycles. The number of carbonyl (C=O) groups excluding carboxylic acids is 1. The molecule has 7 nitrogen and oxygen atoms in total. The fourth-order valence-corrected chi connectivity index (χ4v) is 4.70. The van der Waals surface area contributed by atoms with Crippen LogP contribution in [0.2, 0.25) is 0 Å². The van der Waals surface area contributed by atoms with Crippen molar-refractivity contribution >= 4 is 6.03 Å². The molecule has 4 atom stereocenters. The molecule has 1 saturated carbocycles. The summed E-state index contributed by atoms with van der Waals surface area (Å²) in [5.41, 5.74) is 10.8. The lowest BCUT2D eigenvalue weighted by Crippen LogP contribution is -2.57. The van der Waals surface area contributed by atoms with Crippen molar-refractivity contribution in [2.45, 2.75) is 56.8 Å². The average molecular weight is 373 g/mol. The van der Waals surface area contributed by atoms with Gasteiger partial charge in [-0.15, -0.1) is 0 Å². The van der Waals surface area contributed by atoms with E-state index in [0.717, 1.165) is 45.4 Å². The summed E-state index contributed by atoms with van der Waals surface area (Å²) in [4.78, 5) is 14.9. The predicted molar refractivity (Wildman–Crippen MR) is 106 cm³/mol. The fraction of sp³-hybridized carbons (Fsp3) is 0.650. The van der Waals surface area contributed by atoms with Crippen molar-refractivity contribution in [2.75, 3.05) is 19.6 Å². The number of carbonyl (C=O) groups is 1. The second-order valence-electron chi connectivity index (χ2n) is 8.17. The van der Waals surface area contributed by atoms with Crippen molar-refractivity contribution in [3.05, 3.63) is 35.9 Å². The zero-order chi connectivity index (χ0) is 18.5. The Morgan fingerprint density at radius 2 is 2.00 bits per heavy atom. The number of amides is 2. The van der Waals surface area contributed by atoms with E-state index in [4.69, 9.17) is 0 Å². The van der Waals surface area contributed by atoms with Gasteiger partial charge in [0.25, 0.3) is 0 Å². The summed E-state index contributed by atoms with van der Waals surface area (Å²) in [6.45, 7) is 3.95. The monoisotopic (exact) mass is 372 g/mol. The Bertz CT molecular complexity index is 612. The molecule has 148 valence electrons. The number of fused-ring (bicyclic) bond motifs is 1. The zero-order valence-corrected chi connectivity index (χ0v) is 15.9. The van der Waals surface area contributed by atoms with Gasteiger partial charge < -0.3 is 10.6 Å². The first-order valence-electron chi connectivity index (χ1n) is 10.3. The van der Waals surface area contributed by atoms with E-state index >= 15 is 0 Å². The zero-order valence-electron chi connectivity index (χ0n) is 15.9. The van der Waals surface area contributed by atoms with Crippen LogP contribution in [0.3, 0.4) is 0 Å². The van der Waals surface area contributed by atoms with Crippen molar-refractivity contribution in [2.24, 2.45) is 5.92 Å². The summed E-state index contributed by atoms with van der Waals surface area (Å²) >= 11 is 0. The van der Waals surface area contributed by atoms with E-state index in [0.29, 0.717) is 12.0 Å². The third-order valence-corrected chi connectivity index (χ3v) is 6.11. The first-order valence-corrected chi connectivity index (χ1v) is 10.3. The summed E-state index contributed by atoms with van der Waals surface area (Å²) in [5.74, 6) is 0.528. The standard InChI is InChI=1S/C20H32N6O/c27-20(22-17-9-4-10-18-19(17)24-25-23-18)21-12-16-8-5-11-26(14-16)13-15-6-2-1-3-7-15/h1-3,6-7,16-19,23-25H,4-5,8-14H2,(H2,21,22,27). The Hall–Kier alpha value is -1.67. The molecule has 1 aliphatic carbocycles. The second-order valence-corrected chi connectivity index (χ2v) is 8.17. The number of nitrogens with one attached hydrogen (secondary N) is 5. The molecule has 1 aromatic carbocycles. The molecule has 2 aliphatic heterocycles. The molecule has 2 amide bonds. The van der Waals surface area contributed by atoms with E-state index in [2.05, 4.69) is 62.3 Å². The van der Waals surface area contributed by atoms with Gasteiger partial charge in [0.2, 0.25) is 0 Å². The second kappa shape index (κ2) is 9.01. The Balaban J connectivity index is 1.20. The number of benzene rings is 1. The number of piperidine rings is 1. The number of nitrogens with zero attached hydrogens (tertiary/aromatic N) is 1. The Morgan fingerprint density at radius 3 is 2.89 bits per heavy atom. The van der Waals surface area contributed by atoms with Gasteiger partial charge in [0.1, 0.15) is 0 Å². The molecule has 2 heterocycles. The van der Waals surface area contributed by atoms with Crippen molar-refractivity contribution in [1.82, 2.24) is 31.9 Å². The minimum Gasteiger partial charge on any atom is -0.338 e. The van der Waals surface area contributed by atoms with Crippen molar-refractivity contribution in [3.8, 4) is 0 Å². The van der Waals surface area contributed by atoms with Gasteiger partial charge in [0.05, 0.1) is 6.04 Å². The minimum atomic E-state index is -0.0328. The number of rotatable bonds is 5. The molecule has 4 unspecified atom stereocenters. The van der Waals surface area contributed by atoms with Crippen LogP contribution in [-0.2, 0) is 6.54 Å². The van der Waals surface area contributed by atoms with E-state index in [1.165, 1.54) is 18.4 Å². The molecule has 3 fully saturated rings. The largest absolute Gasteiger partial charge is 0.338 e. The van der Waals surface area contributed by atoms with Crippen LogP contribution in [0.1, 0.15) is 37.7 Å². The van der Waals surface area contributed by atoms with Crippen molar-refractivity contribution < 1.29 is 4.79 Å². The summed E-state index contributed by atoms with van der Waals surface area (Å²) in [7, 11) is 0. The number of likely N-dealkylation sites (tertiary alicyclic amines) is 1. The maximum absolute atomic E-state index is 12.4. The Kier molecular flexibility index (Phi) is 6.24. The number of hydrazine groups is 2. The van der Waals surface area contributed by atoms with Gasteiger partial charge in [-0.1, -0.05) is 30.3 Å². The summed E-state index contributed by atoms with van der Waals surface area (Å²) in [5, 5.41) is 6.29. The average Bonchev–Trinajstić information content (AvgIpc) is 3.17. The quantitative estimate of drug-likeness (QED) is 0.535. The van der Waals surface area contributed by atoms with Gasteiger partial charge >= 0.3 is 6.03 Å². The van der Waals surface area contributed by atoms with Gasteiger partial charge in [-0.3, -0.25) is 4.90 Å². The molecule has 0 bridgehead atoms. The van der Waals surface area contributed by atoms with Gasteiger partial charge in [0, 0.05) is 31.7 Å². The van der Waals surface area contributed by atoms with Gasteiger partial charge in [-0.2, -0.15) is 5.53 Å². The number of hydrogen-bond donors (Lipinski definition) is 5. The van der Waals surface area contributed by atoms with Crippen LogP contribution in [0.25, 0.3) is 0 Å². The predicted octanol–water partition coefficient (Wildman–Crippen LogP) is 1.10. The van der Waals surface area contributed by atoms with E-state index in [1.807, 2.05) is 0 Å². The van der Waals surface area contributed by atoms with Crippen LogP contribution < -0.4 is 27.0 Å². The lowest BCUT2D eigenvalue weighted by molar-refractivity contribution is 0.164. The highest BCUT2D eigenvalue weighted by molar-refractivity contribution is 5.74. The lowest BCUT2D eigenvalue weighted by atomic mass is 9.87. The molecule has 4 rings (SSSR count). The van der Waals surface area contributed by atoms with Gasteiger partial charge in [0.15, 0.2) is 0 Å². The van der Waals surface area contributed by atoms with Crippen LogP contribution in [0.4, 0.5) is 4.79 Å². The molecular weight excluding hydrogens is 340 g/mol. The molecule has 3 aliphatic rings. The van der Waals surface area contributed by atoms with Crippen LogP contribution in [0.5, 0.6) is 0 Å². The summed E-state index contributed by atoms with van der Waals surface area (Å²) in [6, 6.07) is 11.4. The molecule has 1 aromatic rings. The SMILES string of the molecule is O=C(NCC1CCCN(Cc2ccccc2)C1)NC1CCCC2NNNC21. The van der Waals surface area contributed by atoms with Gasteiger partial charge in [-0.25, -0.2) is 15.6 Å². The lowest BCUT2D eigenvalue weighted by Gasteiger charge is -2.34. The van der Waals surface area contributed by atoms with E-state index < -0.39 is 0 Å². The molecule has 7 heteroatoms. The van der Waals surface area contributed by atoms with Crippen LogP contribution in [0.15, 0.2) is 30.3 Å². The van der Waals surface area contributed by atoms with Crippen LogP contribution in [-0.4, -0.2) is 48.7 Å². The smallest absolute Gasteiger partial charge is 0.315 e. The van der Waals surface area contributed by atoms with Gasteiger partial charge in [-0.05, 0) is 50.1 Å². The highest BCUT2D eigenvalue weighted by atomic mass is 16.2. The molecule has 0 radical (unpaired) electrons. The minimum absolute atomic E-state index is 0.0328. The van der Waals surface area contributed by atoms with E-state index in [-0.39, 0.29) is 18.1 Å². The van der Waals surface area contributed by atoms with Crippen molar-refractivity contribution in [3.63, 3.8) is 0 Å². The Morgan fingerprint density at radius 1 is 1.11 bits per heavy atom.